The van der Waals surface area contributed by atoms with Crippen LogP contribution in [0.25, 0.3) is 0 Å². The highest BCUT2D eigenvalue weighted by molar-refractivity contribution is 8.00. The van der Waals surface area contributed by atoms with Crippen LogP contribution in [0.1, 0.15) is 13.3 Å². The third-order valence-corrected chi connectivity index (χ3v) is 2.75. The molecule has 1 aromatic carbocycles. The Morgan fingerprint density at radius 2 is 2.00 bits per heavy atom. The van der Waals surface area contributed by atoms with Crippen LogP contribution >= 0.6 is 11.8 Å². The van der Waals surface area contributed by atoms with Gasteiger partial charge in [-0.05, 0) is 24.3 Å². The van der Waals surface area contributed by atoms with Gasteiger partial charge in [-0.3, -0.25) is 4.79 Å². The van der Waals surface area contributed by atoms with Crippen LogP contribution in [-0.4, -0.2) is 21.4 Å². The van der Waals surface area contributed by atoms with Gasteiger partial charge in [-0.15, -0.1) is 11.8 Å². The third-order valence-electron chi connectivity index (χ3n) is 1.64. The van der Waals surface area contributed by atoms with Gasteiger partial charge in [0.15, 0.2) is 0 Å². The SMILES string of the molecule is CC(CC(=O)O)Sc1ccc(O)cc1. The van der Waals surface area contributed by atoms with E-state index in [1.54, 1.807) is 24.3 Å². The first-order valence-electron chi connectivity index (χ1n) is 4.25. The minimum absolute atomic E-state index is 0.0389. The lowest BCUT2D eigenvalue weighted by Crippen LogP contribution is -2.05. The second-order valence-corrected chi connectivity index (χ2v) is 4.53. The van der Waals surface area contributed by atoms with Crippen LogP contribution in [0.3, 0.4) is 0 Å². The van der Waals surface area contributed by atoms with E-state index < -0.39 is 5.97 Å². The van der Waals surface area contributed by atoms with Crippen molar-refractivity contribution in [1.82, 2.24) is 0 Å². The van der Waals surface area contributed by atoms with E-state index in [2.05, 4.69) is 0 Å². The molecular weight excluding hydrogens is 200 g/mol. The summed E-state index contributed by atoms with van der Waals surface area (Å²) in [5, 5.41) is 17.6. The highest BCUT2D eigenvalue weighted by Gasteiger charge is 2.08. The first-order valence-corrected chi connectivity index (χ1v) is 5.13. The zero-order valence-corrected chi connectivity index (χ0v) is 8.62. The smallest absolute Gasteiger partial charge is 0.304 e. The van der Waals surface area contributed by atoms with Crippen molar-refractivity contribution in [3.63, 3.8) is 0 Å². The summed E-state index contributed by atoms with van der Waals surface area (Å²) in [6, 6.07) is 6.74. The van der Waals surface area contributed by atoms with Crippen LogP contribution in [0.2, 0.25) is 0 Å². The number of phenolic OH excluding ortho intramolecular Hbond substituents is 1. The minimum Gasteiger partial charge on any atom is -0.508 e. The average Bonchev–Trinajstić information content (AvgIpc) is 2.07. The number of carbonyl (C=O) groups is 1. The first kappa shape index (κ1) is 10.9. The standard InChI is InChI=1S/C10H12O3S/c1-7(6-10(12)13)14-9-4-2-8(11)3-5-9/h2-5,7,11H,6H2,1H3,(H,12,13). The summed E-state index contributed by atoms with van der Waals surface area (Å²) in [4.78, 5) is 11.4. The number of aliphatic carboxylic acids is 1. The number of rotatable bonds is 4. The number of thioether (sulfide) groups is 1. The molecule has 0 radical (unpaired) electrons. The van der Waals surface area contributed by atoms with Gasteiger partial charge in [-0.2, -0.15) is 0 Å². The summed E-state index contributed by atoms with van der Waals surface area (Å²) in [7, 11) is 0. The molecule has 14 heavy (non-hydrogen) atoms. The number of hydrogen-bond acceptors (Lipinski definition) is 3. The Bertz CT molecular complexity index is 308. The van der Waals surface area contributed by atoms with E-state index in [1.165, 1.54) is 11.8 Å². The number of aromatic hydroxyl groups is 1. The maximum absolute atomic E-state index is 10.4. The van der Waals surface area contributed by atoms with E-state index in [-0.39, 0.29) is 17.4 Å². The topological polar surface area (TPSA) is 57.5 Å². The van der Waals surface area contributed by atoms with Gasteiger partial charge < -0.3 is 10.2 Å². The third kappa shape index (κ3) is 3.70. The average molecular weight is 212 g/mol. The van der Waals surface area contributed by atoms with Gasteiger partial charge in [0.25, 0.3) is 0 Å². The maximum atomic E-state index is 10.4. The van der Waals surface area contributed by atoms with E-state index in [0.29, 0.717) is 0 Å². The molecule has 0 saturated heterocycles. The molecule has 0 saturated carbocycles. The van der Waals surface area contributed by atoms with Crippen molar-refractivity contribution >= 4 is 17.7 Å². The summed E-state index contributed by atoms with van der Waals surface area (Å²) >= 11 is 1.49. The molecule has 3 nitrogen and oxygen atoms in total. The van der Waals surface area contributed by atoms with E-state index in [1.807, 2.05) is 6.92 Å². The fourth-order valence-corrected chi connectivity index (χ4v) is 2.03. The molecule has 1 rings (SSSR count). The molecule has 0 amide bonds. The van der Waals surface area contributed by atoms with Crippen molar-refractivity contribution < 1.29 is 15.0 Å². The van der Waals surface area contributed by atoms with Gasteiger partial charge in [-0.25, -0.2) is 0 Å². The molecule has 0 fully saturated rings. The van der Waals surface area contributed by atoms with E-state index >= 15 is 0 Å². The molecule has 1 unspecified atom stereocenters. The summed E-state index contributed by atoms with van der Waals surface area (Å²) in [5.74, 6) is -0.566. The fraction of sp³-hybridized carbons (Fsp3) is 0.300. The molecular formula is C10H12O3S. The molecule has 1 atom stereocenters. The van der Waals surface area contributed by atoms with Gasteiger partial charge in [0.05, 0.1) is 6.42 Å². The quantitative estimate of drug-likeness (QED) is 0.752. The van der Waals surface area contributed by atoms with Crippen molar-refractivity contribution in [3.8, 4) is 5.75 Å². The largest absolute Gasteiger partial charge is 0.508 e. The normalized spacial score (nSPS) is 12.4. The van der Waals surface area contributed by atoms with Crippen molar-refractivity contribution in [3.05, 3.63) is 24.3 Å². The van der Waals surface area contributed by atoms with Crippen LogP contribution in [-0.2, 0) is 4.79 Å². The molecule has 4 heteroatoms. The number of carboxylic acids is 1. The van der Waals surface area contributed by atoms with Crippen LogP contribution in [0.15, 0.2) is 29.2 Å². The van der Waals surface area contributed by atoms with Gasteiger partial charge in [0, 0.05) is 10.1 Å². The Labute approximate surface area is 86.8 Å². The lowest BCUT2D eigenvalue weighted by atomic mass is 10.3. The zero-order valence-electron chi connectivity index (χ0n) is 7.80. The monoisotopic (exact) mass is 212 g/mol. The predicted molar refractivity (Wildman–Crippen MR) is 55.7 cm³/mol. The van der Waals surface area contributed by atoms with Gasteiger partial charge >= 0.3 is 5.97 Å². The molecule has 0 aliphatic carbocycles. The first-order chi connectivity index (χ1) is 6.58. The molecule has 1 aromatic rings. The van der Waals surface area contributed by atoms with Crippen LogP contribution in [0.5, 0.6) is 5.75 Å². The summed E-state index contributed by atoms with van der Waals surface area (Å²) < 4.78 is 0. The zero-order chi connectivity index (χ0) is 10.6. The Balaban J connectivity index is 2.51. The Morgan fingerprint density at radius 1 is 1.43 bits per heavy atom. The van der Waals surface area contributed by atoms with Gasteiger partial charge in [0.1, 0.15) is 5.75 Å². The fourth-order valence-electron chi connectivity index (χ4n) is 1.04. The van der Waals surface area contributed by atoms with Crippen LogP contribution < -0.4 is 0 Å². The molecule has 0 spiro atoms. The Hall–Kier alpha value is -1.16. The molecule has 0 aliphatic heterocycles. The van der Waals surface area contributed by atoms with Crippen molar-refractivity contribution in [2.45, 2.75) is 23.5 Å². The molecule has 0 aromatic heterocycles. The maximum Gasteiger partial charge on any atom is 0.304 e. The number of hydrogen-bond donors (Lipinski definition) is 2. The van der Waals surface area contributed by atoms with Gasteiger partial charge in [0.2, 0.25) is 0 Å². The molecule has 0 aliphatic rings. The highest BCUT2D eigenvalue weighted by atomic mass is 32.2. The van der Waals surface area contributed by atoms with Crippen molar-refractivity contribution in [2.75, 3.05) is 0 Å². The van der Waals surface area contributed by atoms with Crippen LogP contribution in [0, 0.1) is 0 Å². The van der Waals surface area contributed by atoms with Gasteiger partial charge in [-0.1, -0.05) is 6.92 Å². The molecule has 2 N–H and O–H groups in total. The van der Waals surface area contributed by atoms with Crippen molar-refractivity contribution in [1.29, 1.82) is 0 Å². The van der Waals surface area contributed by atoms with E-state index in [0.717, 1.165) is 4.90 Å². The summed E-state index contributed by atoms with van der Waals surface area (Å²) in [5.41, 5.74) is 0. The van der Waals surface area contributed by atoms with E-state index in [9.17, 15) is 4.79 Å². The molecule has 0 bridgehead atoms. The lowest BCUT2D eigenvalue weighted by molar-refractivity contribution is -0.136. The van der Waals surface area contributed by atoms with E-state index in [4.69, 9.17) is 10.2 Å². The predicted octanol–water partition coefficient (Wildman–Crippen LogP) is 2.35. The number of benzene rings is 1. The summed E-state index contributed by atoms with van der Waals surface area (Å²) in [6.45, 7) is 1.87. The number of carboxylic acid groups (broad SMARTS) is 1. The summed E-state index contributed by atoms with van der Waals surface area (Å²) in [6.07, 6.45) is 0.144. The second-order valence-electron chi connectivity index (χ2n) is 3.02. The minimum atomic E-state index is -0.788. The molecule has 0 heterocycles. The Kier molecular flexibility index (Phi) is 3.83. The Morgan fingerprint density at radius 3 is 2.50 bits per heavy atom. The highest BCUT2D eigenvalue weighted by Crippen LogP contribution is 2.26. The van der Waals surface area contributed by atoms with Crippen molar-refractivity contribution in [2.24, 2.45) is 0 Å². The molecule has 76 valence electrons. The lowest BCUT2D eigenvalue weighted by Gasteiger charge is -2.07. The second kappa shape index (κ2) is 4.91. The van der Waals surface area contributed by atoms with Crippen LogP contribution in [0.4, 0.5) is 0 Å². The number of phenols is 1.